The average Bonchev–Trinajstić information content (AvgIpc) is 3.10. The molecule has 3 nitrogen and oxygen atoms in total. The van der Waals surface area contributed by atoms with Crippen LogP contribution in [0.15, 0.2) is 71.3 Å². The molecule has 116 valence electrons. The van der Waals surface area contributed by atoms with Gasteiger partial charge in [-0.2, -0.15) is 4.40 Å². The van der Waals surface area contributed by atoms with E-state index < -0.39 is 0 Å². The van der Waals surface area contributed by atoms with Crippen molar-refractivity contribution in [3.63, 3.8) is 0 Å². The highest BCUT2D eigenvalue weighted by atomic mass is 16.3. The molecule has 0 aliphatic heterocycles. The molecule has 0 spiro atoms. The number of fused-ring (bicyclic) bond motifs is 5. The molecule has 0 radical (unpaired) electrons. The minimum Gasteiger partial charge on any atom is -0.415 e. The van der Waals surface area contributed by atoms with Crippen LogP contribution in [0, 0.1) is 6.92 Å². The largest absolute Gasteiger partial charge is 0.415 e. The van der Waals surface area contributed by atoms with Crippen molar-refractivity contribution in [1.29, 1.82) is 0 Å². The van der Waals surface area contributed by atoms with Crippen LogP contribution < -0.4 is 4.57 Å². The first-order chi connectivity index (χ1) is 11.7. The third-order valence-corrected chi connectivity index (χ3v) is 4.76. The molecule has 0 unspecified atom stereocenters. The van der Waals surface area contributed by atoms with E-state index >= 15 is 0 Å². The van der Waals surface area contributed by atoms with E-state index in [1.807, 2.05) is 0 Å². The van der Waals surface area contributed by atoms with E-state index in [0.29, 0.717) is 0 Å². The summed E-state index contributed by atoms with van der Waals surface area (Å²) in [5.41, 5.74) is 5.38. The maximum atomic E-state index is 6.23. The molecule has 3 heteroatoms. The molecule has 0 aliphatic carbocycles. The number of imidazole rings is 1. The molecule has 24 heavy (non-hydrogen) atoms. The third-order valence-electron chi connectivity index (χ3n) is 4.76. The summed E-state index contributed by atoms with van der Waals surface area (Å²) in [5.74, 6) is 1.14. The summed E-state index contributed by atoms with van der Waals surface area (Å²) < 4.78 is 10.6. The van der Waals surface area contributed by atoms with Crippen molar-refractivity contribution in [2.45, 2.75) is 6.92 Å². The molecule has 0 atom stereocenters. The Balaban J connectivity index is 1.97. The van der Waals surface area contributed by atoms with Crippen molar-refractivity contribution >= 4 is 27.6 Å². The predicted octanol–water partition coefficient (Wildman–Crippen LogP) is 4.64. The van der Waals surface area contributed by atoms with Crippen LogP contribution in [0.4, 0.5) is 0 Å². The number of hydrogen-bond donors (Lipinski definition) is 0. The van der Waals surface area contributed by atoms with E-state index in [2.05, 4.69) is 89.8 Å². The number of aromatic nitrogens is 2. The highest BCUT2D eigenvalue weighted by Crippen LogP contribution is 2.32. The highest BCUT2D eigenvalue weighted by molar-refractivity contribution is 6.04. The summed E-state index contributed by atoms with van der Waals surface area (Å²) in [6, 6.07) is 21.1. The lowest BCUT2D eigenvalue weighted by Crippen LogP contribution is -2.28. The van der Waals surface area contributed by atoms with Crippen LogP contribution in [0.3, 0.4) is 0 Å². The van der Waals surface area contributed by atoms with Gasteiger partial charge >= 0.3 is 5.71 Å². The average molecular weight is 313 g/mol. The lowest BCUT2D eigenvalue weighted by Gasteiger charge is -2.02. The van der Waals surface area contributed by atoms with Crippen LogP contribution in [-0.2, 0) is 7.05 Å². The Bertz CT molecular complexity index is 1230. The van der Waals surface area contributed by atoms with Crippen molar-refractivity contribution in [1.82, 2.24) is 4.40 Å². The van der Waals surface area contributed by atoms with Crippen molar-refractivity contribution in [3.8, 4) is 11.4 Å². The van der Waals surface area contributed by atoms with Gasteiger partial charge in [-0.1, -0.05) is 42.5 Å². The molecule has 0 bridgehead atoms. The topological polar surface area (TPSA) is 21.4 Å². The fourth-order valence-electron chi connectivity index (χ4n) is 3.61. The summed E-state index contributed by atoms with van der Waals surface area (Å²) in [6.45, 7) is 2.15. The normalized spacial score (nSPS) is 11.8. The zero-order chi connectivity index (χ0) is 16.3. The molecule has 0 saturated heterocycles. The molecule has 2 aromatic heterocycles. The van der Waals surface area contributed by atoms with E-state index in [-0.39, 0.29) is 0 Å². The minimum absolute atomic E-state index is 0.863. The van der Waals surface area contributed by atoms with Crippen molar-refractivity contribution in [3.05, 3.63) is 72.4 Å². The van der Waals surface area contributed by atoms with E-state index in [9.17, 15) is 0 Å². The van der Waals surface area contributed by atoms with Crippen molar-refractivity contribution in [2.75, 3.05) is 0 Å². The van der Waals surface area contributed by atoms with Gasteiger partial charge in [-0.25, -0.2) is 4.57 Å². The van der Waals surface area contributed by atoms with Gasteiger partial charge < -0.3 is 4.42 Å². The predicted molar refractivity (Wildman–Crippen MR) is 96.0 cm³/mol. The lowest BCUT2D eigenvalue weighted by atomic mass is 10.1. The first-order valence-electron chi connectivity index (χ1n) is 8.11. The molecule has 2 heterocycles. The number of benzene rings is 3. The summed E-state index contributed by atoms with van der Waals surface area (Å²) in [5, 5.41) is 2.35. The van der Waals surface area contributed by atoms with Crippen LogP contribution in [0.5, 0.6) is 0 Å². The molecule has 0 saturated carbocycles. The van der Waals surface area contributed by atoms with Crippen molar-refractivity contribution in [2.24, 2.45) is 7.05 Å². The van der Waals surface area contributed by atoms with E-state index in [1.165, 1.54) is 16.5 Å². The van der Waals surface area contributed by atoms with Gasteiger partial charge in [-0.05, 0) is 36.1 Å². The Hall–Kier alpha value is -3.07. The second-order valence-electron chi connectivity index (χ2n) is 6.29. The first kappa shape index (κ1) is 13.4. The van der Waals surface area contributed by atoms with Gasteiger partial charge in [-0.3, -0.25) is 0 Å². The highest BCUT2D eigenvalue weighted by Gasteiger charge is 2.25. The van der Waals surface area contributed by atoms with Crippen LogP contribution >= 0.6 is 0 Å². The molecule has 0 amide bonds. The van der Waals surface area contributed by atoms with Crippen LogP contribution in [0.2, 0.25) is 0 Å². The number of aryl methyl sites for hydroxylation is 2. The third kappa shape index (κ3) is 1.69. The van der Waals surface area contributed by atoms with E-state index in [0.717, 1.165) is 28.0 Å². The molecular formula is C21H17N2O+. The van der Waals surface area contributed by atoms with Crippen molar-refractivity contribution < 1.29 is 8.98 Å². The van der Waals surface area contributed by atoms with E-state index in [1.54, 1.807) is 0 Å². The van der Waals surface area contributed by atoms with Gasteiger partial charge in [0.2, 0.25) is 0 Å². The maximum absolute atomic E-state index is 6.23. The standard InChI is InChI=1S/C21H17N2O/c1-14-7-3-5-9-16(14)21-22(2)13-19-23(21)18-12-11-15-8-4-6-10-17(15)20(18)24-19/h3-13H,1-2H3/q+1. The molecule has 5 rings (SSSR count). The second-order valence-corrected chi connectivity index (χ2v) is 6.29. The molecule has 5 aromatic rings. The van der Waals surface area contributed by atoms with Gasteiger partial charge in [-0.15, -0.1) is 0 Å². The Labute approximate surface area is 139 Å². The zero-order valence-electron chi connectivity index (χ0n) is 13.7. The van der Waals surface area contributed by atoms with Crippen LogP contribution in [-0.4, -0.2) is 4.40 Å². The minimum atomic E-state index is 0.863. The Kier molecular flexibility index (Phi) is 2.63. The second kappa shape index (κ2) is 4.71. The lowest BCUT2D eigenvalue weighted by molar-refractivity contribution is -0.658. The molecule has 3 aromatic carbocycles. The van der Waals surface area contributed by atoms with Crippen LogP contribution in [0.25, 0.3) is 39.0 Å². The molecular weight excluding hydrogens is 296 g/mol. The smallest absolute Gasteiger partial charge is 0.336 e. The van der Waals surface area contributed by atoms with Gasteiger partial charge in [0.15, 0.2) is 17.3 Å². The van der Waals surface area contributed by atoms with Gasteiger partial charge in [0.05, 0.1) is 12.6 Å². The molecule has 0 N–H and O–H groups in total. The van der Waals surface area contributed by atoms with Gasteiger partial charge in [0.1, 0.15) is 0 Å². The number of rotatable bonds is 1. The fraction of sp³-hybridized carbons (Fsp3) is 0.0952. The monoisotopic (exact) mass is 313 g/mol. The summed E-state index contributed by atoms with van der Waals surface area (Å²) in [6.07, 6.45) is 2.05. The molecule has 0 fully saturated rings. The Morgan fingerprint density at radius 2 is 1.71 bits per heavy atom. The van der Waals surface area contributed by atoms with Gasteiger partial charge in [0.25, 0.3) is 5.82 Å². The number of hydrogen-bond acceptors (Lipinski definition) is 1. The first-order valence-corrected chi connectivity index (χ1v) is 8.11. The quantitative estimate of drug-likeness (QED) is 0.413. The summed E-state index contributed by atoms with van der Waals surface area (Å²) >= 11 is 0. The fourth-order valence-corrected chi connectivity index (χ4v) is 3.61. The van der Waals surface area contributed by atoms with Crippen LogP contribution in [0.1, 0.15) is 5.56 Å². The Morgan fingerprint density at radius 3 is 2.58 bits per heavy atom. The van der Waals surface area contributed by atoms with E-state index in [4.69, 9.17) is 4.42 Å². The molecule has 0 aliphatic rings. The zero-order valence-corrected chi connectivity index (χ0v) is 13.7. The SMILES string of the molecule is Cc1ccccc1-c1n2c(c[n+]1C)oc1c3ccccc3ccc12. The number of nitrogens with zero attached hydrogens (tertiary/aromatic N) is 2. The Morgan fingerprint density at radius 1 is 0.917 bits per heavy atom. The number of oxazole rings is 1. The summed E-state index contributed by atoms with van der Waals surface area (Å²) in [7, 11) is 2.07. The maximum Gasteiger partial charge on any atom is 0.336 e. The van der Waals surface area contributed by atoms with Gasteiger partial charge in [0, 0.05) is 5.39 Å². The summed E-state index contributed by atoms with van der Waals surface area (Å²) in [4.78, 5) is 0.